The number of rotatable bonds is 3. The maximum Gasteiger partial charge on any atom is 0.269 e. The molecule has 1 spiro atoms. The predicted octanol–water partition coefficient (Wildman–Crippen LogP) is 2.17. The monoisotopic (exact) mass is 508 g/mol. The average Bonchev–Trinajstić information content (AvgIpc) is 3.56. The van der Waals surface area contributed by atoms with Crippen LogP contribution >= 0.6 is 0 Å². The number of carbonyl (C=O) groups is 1. The largest absolute Gasteiger partial charge is 0.504 e. The van der Waals surface area contributed by atoms with E-state index < -0.39 is 39.1 Å². The van der Waals surface area contributed by atoms with Crippen LogP contribution in [0.4, 0.5) is 0 Å². The van der Waals surface area contributed by atoms with Gasteiger partial charge < -0.3 is 14.9 Å². The Morgan fingerprint density at radius 2 is 1.89 bits per heavy atom. The van der Waals surface area contributed by atoms with Gasteiger partial charge in [-0.2, -0.15) is 0 Å². The second-order valence-corrected chi connectivity index (χ2v) is 13.3. The highest BCUT2D eigenvalue weighted by atomic mass is 32.2. The van der Waals surface area contributed by atoms with Crippen LogP contribution in [-0.2, 0) is 21.9 Å². The summed E-state index contributed by atoms with van der Waals surface area (Å²) in [4.78, 5) is 16.0. The molecule has 1 saturated heterocycles. The van der Waals surface area contributed by atoms with E-state index in [0.717, 1.165) is 28.5 Å². The van der Waals surface area contributed by atoms with E-state index in [1.165, 1.54) is 18.9 Å². The van der Waals surface area contributed by atoms with E-state index >= 15 is 0 Å². The molecule has 2 aromatic carbocycles. The number of ether oxygens (including phenoxy) is 1. The van der Waals surface area contributed by atoms with Crippen LogP contribution in [-0.4, -0.2) is 70.6 Å². The Morgan fingerprint density at radius 1 is 1.08 bits per heavy atom. The first-order chi connectivity index (χ1) is 17.3. The molecule has 2 aromatic rings. The number of aliphatic hydroxyl groups is 1. The Balaban J connectivity index is 1.30. The van der Waals surface area contributed by atoms with E-state index in [-0.39, 0.29) is 22.3 Å². The van der Waals surface area contributed by atoms with Crippen molar-refractivity contribution in [3.05, 3.63) is 53.1 Å². The number of fused-ring (bicyclic) bond motifs is 1. The van der Waals surface area contributed by atoms with Crippen LogP contribution in [0.15, 0.2) is 41.3 Å². The summed E-state index contributed by atoms with van der Waals surface area (Å²) in [5.41, 5.74) is 0.0267. The lowest BCUT2D eigenvalue weighted by Crippen LogP contribution is -2.78. The topological polar surface area (TPSA) is 107 Å². The average molecular weight is 509 g/mol. The van der Waals surface area contributed by atoms with Gasteiger partial charge in [-0.3, -0.25) is 9.69 Å². The van der Waals surface area contributed by atoms with Gasteiger partial charge in [0, 0.05) is 18.2 Å². The van der Waals surface area contributed by atoms with Gasteiger partial charge in [-0.15, -0.1) is 0 Å². The third kappa shape index (κ3) is 2.33. The van der Waals surface area contributed by atoms with Crippen molar-refractivity contribution < 1.29 is 28.2 Å². The normalized spacial score (nSPS) is 37.4. The van der Waals surface area contributed by atoms with Gasteiger partial charge in [0.15, 0.2) is 11.5 Å². The number of phenolic OH excluding ortho intramolecular Hbond substituents is 1. The zero-order valence-electron chi connectivity index (χ0n) is 19.8. The van der Waals surface area contributed by atoms with Gasteiger partial charge in [-0.25, -0.2) is 12.7 Å². The van der Waals surface area contributed by atoms with Crippen LogP contribution in [0.2, 0.25) is 0 Å². The van der Waals surface area contributed by atoms with E-state index in [9.17, 15) is 23.4 Å². The van der Waals surface area contributed by atoms with E-state index in [4.69, 9.17) is 4.74 Å². The molecule has 36 heavy (non-hydrogen) atoms. The molecule has 2 saturated carbocycles. The van der Waals surface area contributed by atoms with E-state index in [1.807, 2.05) is 6.07 Å². The number of carbonyl (C=O) groups excluding carboxylic acids is 1. The van der Waals surface area contributed by atoms with Gasteiger partial charge in [0.05, 0.1) is 22.6 Å². The molecule has 1 amide bonds. The summed E-state index contributed by atoms with van der Waals surface area (Å²) in [5.74, 6) is 0.479. The summed E-state index contributed by atoms with van der Waals surface area (Å²) < 4.78 is 34.8. The Labute approximate surface area is 209 Å². The number of likely N-dealkylation sites (tertiary alicyclic amines) is 1. The molecule has 9 heteroatoms. The molecule has 3 aliphatic carbocycles. The molecule has 2 N–H and O–H groups in total. The van der Waals surface area contributed by atoms with Crippen LogP contribution < -0.4 is 4.74 Å². The minimum atomic E-state index is -4.06. The fraction of sp³-hybridized carbons (Fsp3) is 0.519. The van der Waals surface area contributed by atoms with Crippen molar-refractivity contribution in [2.24, 2.45) is 5.92 Å². The molecule has 0 aromatic heterocycles. The second kappa shape index (κ2) is 6.62. The van der Waals surface area contributed by atoms with Crippen molar-refractivity contribution in [1.29, 1.82) is 0 Å². The highest BCUT2D eigenvalue weighted by Gasteiger charge is 2.74. The van der Waals surface area contributed by atoms with Gasteiger partial charge in [0.2, 0.25) is 0 Å². The highest BCUT2D eigenvalue weighted by Crippen LogP contribution is 2.66. The Kier molecular flexibility index (Phi) is 3.95. The number of benzene rings is 2. The quantitative estimate of drug-likeness (QED) is 0.654. The summed E-state index contributed by atoms with van der Waals surface area (Å²) >= 11 is 0. The van der Waals surface area contributed by atoms with Crippen molar-refractivity contribution in [2.75, 3.05) is 13.1 Å². The molecule has 0 radical (unpaired) electrons. The molecule has 188 valence electrons. The number of aromatic hydroxyl groups is 1. The first-order valence-electron chi connectivity index (χ1n) is 12.9. The number of nitrogens with zero attached hydrogens (tertiary/aromatic N) is 2. The molecule has 3 aliphatic heterocycles. The van der Waals surface area contributed by atoms with Crippen LogP contribution in [0, 0.1) is 5.92 Å². The first-order valence-corrected chi connectivity index (χ1v) is 14.4. The Morgan fingerprint density at radius 3 is 2.67 bits per heavy atom. The number of amides is 1. The lowest BCUT2D eigenvalue weighted by atomic mass is 9.48. The molecule has 8 nitrogen and oxygen atoms in total. The number of hydrogen-bond acceptors (Lipinski definition) is 7. The van der Waals surface area contributed by atoms with Gasteiger partial charge in [0.25, 0.3) is 15.9 Å². The summed E-state index contributed by atoms with van der Waals surface area (Å²) in [6.45, 7) is 1.73. The number of phenols is 1. The minimum Gasteiger partial charge on any atom is -0.504 e. The van der Waals surface area contributed by atoms with Gasteiger partial charge in [0.1, 0.15) is 11.0 Å². The number of hydrogen-bond donors (Lipinski definition) is 2. The molecule has 5 atom stereocenters. The SMILES string of the molecule is O=C1c2ccccc2S(=O)(=O)N1[C@@H]1CC[C@@]2(O)[C@H]3Cc4ccc(O)c5c4[C@@]2(CCN3CC2CC2)[C@H]1O5. The second-order valence-electron chi connectivity index (χ2n) is 11.5. The lowest BCUT2D eigenvalue weighted by Gasteiger charge is -2.64. The fourth-order valence-electron chi connectivity index (χ4n) is 8.23. The minimum absolute atomic E-state index is 0.00335. The first kappa shape index (κ1) is 21.5. The van der Waals surface area contributed by atoms with Crippen molar-refractivity contribution in [3.8, 4) is 11.5 Å². The van der Waals surface area contributed by atoms with E-state index in [1.54, 1.807) is 24.3 Å². The molecule has 6 aliphatic rings. The summed E-state index contributed by atoms with van der Waals surface area (Å²) in [6, 6.07) is 8.99. The molecule has 0 unspecified atom stereocenters. The summed E-state index contributed by atoms with van der Waals surface area (Å²) in [6.07, 6.45) is 3.62. The van der Waals surface area contributed by atoms with Crippen LogP contribution in [0.25, 0.3) is 0 Å². The smallest absolute Gasteiger partial charge is 0.269 e. The molecule has 2 bridgehead atoms. The fourth-order valence-corrected chi connectivity index (χ4v) is 10.0. The summed E-state index contributed by atoms with van der Waals surface area (Å²) in [5, 5.41) is 23.4. The number of sulfonamides is 1. The van der Waals surface area contributed by atoms with Crippen molar-refractivity contribution >= 4 is 15.9 Å². The van der Waals surface area contributed by atoms with Gasteiger partial charge in [-0.05, 0) is 74.8 Å². The zero-order chi connectivity index (χ0) is 24.6. The third-order valence-electron chi connectivity index (χ3n) is 9.89. The standard InChI is InChI=1S/C27H28N2O6S/c30-19-8-7-16-13-21-27(32)10-9-18(29-25(31)17-3-1-2-4-20(17)36(29,33)34)24-26(27,22(16)23(19)35-24)11-12-28(21)14-15-5-6-15/h1-4,7-8,15,18,21,24,30,32H,5-6,9-14H2/t18-,21-,24+,26+,27-/m1/s1. The van der Waals surface area contributed by atoms with Crippen molar-refractivity contribution in [3.63, 3.8) is 0 Å². The van der Waals surface area contributed by atoms with E-state index in [0.29, 0.717) is 37.4 Å². The Bertz CT molecular complexity index is 1450. The van der Waals surface area contributed by atoms with E-state index in [2.05, 4.69) is 4.90 Å². The van der Waals surface area contributed by atoms with Crippen molar-refractivity contribution in [1.82, 2.24) is 9.21 Å². The maximum atomic E-state index is 13.6. The molecule has 8 rings (SSSR count). The molecule has 3 heterocycles. The van der Waals surface area contributed by atoms with Crippen LogP contribution in [0.5, 0.6) is 11.5 Å². The molecular weight excluding hydrogens is 480 g/mol. The lowest BCUT2D eigenvalue weighted by molar-refractivity contribution is -0.194. The molecular formula is C27H28N2O6S. The highest BCUT2D eigenvalue weighted by molar-refractivity contribution is 7.90. The maximum absolute atomic E-state index is 13.6. The van der Waals surface area contributed by atoms with Crippen LogP contribution in [0.1, 0.15) is 53.6 Å². The zero-order valence-corrected chi connectivity index (χ0v) is 20.6. The van der Waals surface area contributed by atoms with Gasteiger partial charge in [-0.1, -0.05) is 18.2 Å². The van der Waals surface area contributed by atoms with Gasteiger partial charge >= 0.3 is 0 Å². The van der Waals surface area contributed by atoms with Crippen molar-refractivity contribution in [2.45, 2.75) is 72.6 Å². The Hall–Kier alpha value is -2.62. The van der Waals surface area contributed by atoms with Crippen LogP contribution in [0.3, 0.4) is 0 Å². The number of piperidine rings is 1. The third-order valence-corrected chi connectivity index (χ3v) is 11.8. The summed E-state index contributed by atoms with van der Waals surface area (Å²) in [7, 11) is -4.06. The predicted molar refractivity (Wildman–Crippen MR) is 128 cm³/mol. The molecule has 3 fully saturated rings.